The van der Waals surface area contributed by atoms with Crippen LogP contribution in [0, 0.1) is 6.92 Å². The lowest BCUT2D eigenvalue weighted by atomic mass is 9.97. The van der Waals surface area contributed by atoms with Crippen LogP contribution in [0.5, 0.6) is 0 Å². The van der Waals surface area contributed by atoms with E-state index in [0.29, 0.717) is 29.1 Å². The highest BCUT2D eigenvalue weighted by atomic mass is 35.5. The molecule has 0 spiro atoms. The average molecular weight is 478 g/mol. The predicted molar refractivity (Wildman–Crippen MR) is 118 cm³/mol. The van der Waals surface area contributed by atoms with E-state index in [9.17, 15) is 22.8 Å². The van der Waals surface area contributed by atoms with Gasteiger partial charge in [-0.05, 0) is 67.3 Å². The van der Waals surface area contributed by atoms with Gasteiger partial charge >= 0.3 is 6.18 Å². The summed E-state index contributed by atoms with van der Waals surface area (Å²) < 4.78 is 38.5. The Bertz CT molecular complexity index is 1190. The third-order valence-electron chi connectivity index (χ3n) is 4.90. The van der Waals surface area contributed by atoms with Gasteiger partial charge in [-0.15, -0.1) is 0 Å². The Morgan fingerprint density at radius 1 is 1.12 bits per heavy atom. The first kappa shape index (κ1) is 24.2. The number of halogens is 4. The van der Waals surface area contributed by atoms with Crippen LogP contribution >= 0.6 is 11.6 Å². The van der Waals surface area contributed by atoms with E-state index in [1.54, 1.807) is 41.9 Å². The molecule has 3 N–H and O–H groups in total. The zero-order valence-corrected chi connectivity index (χ0v) is 18.1. The monoisotopic (exact) mass is 477 g/mol. The van der Waals surface area contributed by atoms with Crippen molar-refractivity contribution >= 4 is 34.7 Å². The molecule has 33 heavy (non-hydrogen) atoms. The molecule has 10 heteroatoms. The summed E-state index contributed by atoms with van der Waals surface area (Å²) in [5.41, 5.74) is 2.51. The fourth-order valence-electron chi connectivity index (χ4n) is 3.23. The van der Waals surface area contributed by atoms with Crippen molar-refractivity contribution in [3.8, 4) is 0 Å². The number of hydrogen-bond acceptors (Lipinski definition) is 4. The van der Waals surface area contributed by atoms with Crippen LogP contribution in [0.4, 0.5) is 18.9 Å². The fourth-order valence-corrected chi connectivity index (χ4v) is 3.46. The van der Waals surface area contributed by atoms with Crippen molar-refractivity contribution in [1.29, 1.82) is 0 Å². The number of pyridine rings is 1. The van der Waals surface area contributed by atoms with E-state index in [4.69, 9.17) is 16.8 Å². The first-order valence-corrected chi connectivity index (χ1v) is 10.2. The number of allylic oxidation sites excluding steroid dienone is 4. The number of aromatic nitrogens is 1. The molecular weight excluding hydrogens is 459 g/mol. The molecule has 6 nitrogen and oxygen atoms in total. The van der Waals surface area contributed by atoms with E-state index < -0.39 is 23.7 Å². The SMILES string of the molecule is Cc1nc(C(F)(F)F)ccc1C(=O)Nc1ccc(Cl)c(/C2=C/C=C(C(=O)NO)\C=C\CC2)c1. The van der Waals surface area contributed by atoms with Crippen LogP contribution in [0.1, 0.15) is 40.2 Å². The Labute approximate surface area is 192 Å². The number of anilines is 1. The summed E-state index contributed by atoms with van der Waals surface area (Å²) in [5, 5.41) is 11.9. The molecule has 0 saturated carbocycles. The summed E-state index contributed by atoms with van der Waals surface area (Å²) in [7, 11) is 0. The van der Waals surface area contributed by atoms with Gasteiger partial charge in [0, 0.05) is 16.3 Å². The topological polar surface area (TPSA) is 91.3 Å². The lowest BCUT2D eigenvalue weighted by Gasteiger charge is -2.14. The number of alkyl halides is 3. The molecular formula is C23H19ClF3N3O3. The maximum absolute atomic E-state index is 12.8. The van der Waals surface area contributed by atoms with Crippen molar-refractivity contribution in [1.82, 2.24) is 10.5 Å². The van der Waals surface area contributed by atoms with Crippen molar-refractivity contribution in [2.24, 2.45) is 0 Å². The summed E-state index contributed by atoms with van der Waals surface area (Å²) >= 11 is 6.36. The molecule has 1 heterocycles. The third kappa shape index (κ3) is 5.88. The van der Waals surface area contributed by atoms with Gasteiger partial charge < -0.3 is 5.32 Å². The quantitative estimate of drug-likeness (QED) is 0.401. The van der Waals surface area contributed by atoms with Crippen molar-refractivity contribution in [3.05, 3.63) is 87.7 Å². The molecule has 0 saturated heterocycles. The number of hydrogen-bond donors (Lipinski definition) is 3. The number of rotatable bonds is 4. The Morgan fingerprint density at radius 3 is 2.55 bits per heavy atom. The zero-order valence-electron chi connectivity index (χ0n) is 17.3. The second kappa shape index (κ2) is 10.0. The van der Waals surface area contributed by atoms with E-state index in [0.717, 1.165) is 17.7 Å². The van der Waals surface area contributed by atoms with Gasteiger partial charge in [0.25, 0.3) is 11.8 Å². The Kier molecular flexibility index (Phi) is 7.35. The normalized spacial score (nSPS) is 18.1. The van der Waals surface area contributed by atoms with Gasteiger partial charge in [-0.2, -0.15) is 13.2 Å². The van der Waals surface area contributed by atoms with Gasteiger partial charge in [-0.3, -0.25) is 14.8 Å². The lowest BCUT2D eigenvalue weighted by Crippen LogP contribution is -2.19. The van der Waals surface area contributed by atoms with Crippen molar-refractivity contribution in [2.75, 3.05) is 5.32 Å². The van der Waals surface area contributed by atoms with E-state index in [1.165, 1.54) is 13.0 Å². The molecule has 172 valence electrons. The minimum atomic E-state index is -4.60. The summed E-state index contributed by atoms with van der Waals surface area (Å²) in [6.45, 7) is 1.33. The van der Waals surface area contributed by atoms with Crippen LogP contribution in [0.2, 0.25) is 5.02 Å². The van der Waals surface area contributed by atoms with Gasteiger partial charge in [-0.1, -0.05) is 29.8 Å². The number of nitrogens with one attached hydrogen (secondary N) is 2. The van der Waals surface area contributed by atoms with Gasteiger partial charge in [0.1, 0.15) is 5.69 Å². The number of nitrogens with zero attached hydrogens (tertiary/aromatic N) is 1. The number of aryl methyl sites for hydroxylation is 1. The molecule has 0 aliphatic heterocycles. The molecule has 0 fully saturated rings. The Morgan fingerprint density at radius 2 is 1.88 bits per heavy atom. The minimum Gasteiger partial charge on any atom is -0.322 e. The number of carbonyl (C=O) groups is 2. The largest absolute Gasteiger partial charge is 0.433 e. The third-order valence-corrected chi connectivity index (χ3v) is 5.23. The summed E-state index contributed by atoms with van der Waals surface area (Å²) in [4.78, 5) is 27.8. The smallest absolute Gasteiger partial charge is 0.322 e. The predicted octanol–water partition coefficient (Wildman–Crippen LogP) is 5.48. The molecule has 1 aliphatic carbocycles. The fraction of sp³-hybridized carbons (Fsp3) is 0.174. The van der Waals surface area contributed by atoms with Crippen molar-refractivity contribution in [3.63, 3.8) is 0 Å². The summed E-state index contributed by atoms with van der Waals surface area (Å²) in [6.07, 6.45) is 3.22. The molecule has 2 aromatic rings. The van der Waals surface area contributed by atoms with Gasteiger partial charge in [0.15, 0.2) is 0 Å². The number of carbonyl (C=O) groups excluding carboxylic acids is 2. The van der Waals surface area contributed by atoms with Crippen LogP contribution < -0.4 is 10.8 Å². The maximum atomic E-state index is 12.8. The standard InChI is InChI=1S/C23H19ClF3N3O3/c1-13-17(9-11-20(28-13)23(25,26)27)22(32)29-16-8-10-19(24)18(12-16)14-4-2-3-5-15(7-6-14)21(31)30-33/h3,5-12,33H,2,4H2,1H3,(H,29,32)(H,30,31)/b5-3+,14-6+,15-7+. The highest BCUT2D eigenvalue weighted by Crippen LogP contribution is 2.32. The first-order valence-electron chi connectivity index (χ1n) is 9.78. The maximum Gasteiger partial charge on any atom is 0.433 e. The first-order chi connectivity index (χ1) is 15.6. The van der Waals surface area contributed by atoms with E-state index >= 15 is 0 Å². The van der Waals surface area contributed by atoms with Gasteiger partial charge in [-0.25, -0.2) is 10.5 Å². The molecule has 0 bridgehead atoms. The van der Waals surface area contributed by atoms with Crippen molar-refractivity contribution < 1.29 is 28.0 Å². The van der Waals surface area contributed by atoms with Crippen LogP contribution in [0.3, 0.4) is 0 Å². The summed E-state index contributed by atoms with van der Waals surface area (Å²) in [5.74, 6) is -1.27. The van der Waals surface area contributed by atoms with Crippen LogP contribution in [-0.4, -0.2) is 22.0 Å². The second-order valence-corrected chi connectivity index (χ2v) is 7.58. The number of benzene rings is 1. The van der Waals surface area contributed by atoms with Crippen LogP contribution in [-0.2, 0) is 11.0 Å². The molecule has 1 aromatic heterocycles. The van der Waals surface area contributed by atoms with E-state index in [-0.39, 0.29) is 16.8 Å². The zero-order chi connectivity index (χ0) is 24.2. The molecule has 1 aliphatic rings. The average Bonchev–Trinajstić information content (AvgIpc) is 2.74. The summed E-state index contributed by atoms with van der Waals surface area (Å²) in [6, 6.07) is 6.64. The molecule has 0 atom stereocenters. The van der Waals surface area contributed by atoms with E-state index in [1.807, 2.05) is 0 Å². The number of hydroxylamine groups is 1. The van der Waals surface area contributed by atoms with Gasteiger partial charge in [0.2, 0.25) is 0 Å². The highest BCUT2D eigenvalue weighted by Gasteiger charge is 2.33. The van der Waals surface area contributed by atoms with Crippen molar-refractivity contribution in [2.45, 2.75) is 25.9 Å². The van der Waals surface area contributed by atoms with Gasteiger partial charge in [0.05, 0.1) is 11.3 Å². The van der Waals surface area contributed by atoms with Crippen LogP contribution in [0.25, 0.3) is 5.57 Å². The molecule has 0 unspecified atom stereocenters. The lowest BCUT2D eigenvalue weighted by molar-refractivity contribution is -0.141. The molecule has 0 radical (unpaired) electrons. The molecule has 3 rings (SSSR count). The van der Waals surface area contributed by atoms with E-state index in [2.05, 4.69) is 10.3 Å². The Hall–Kier alpha value is -3.43. The Balaban J connectivity index is 1.88. The minimum absolute atomic E-state index is 0.0115. The molecule has 1 aromatic carbocycles. The number of amides is 2. The molecule has 2 amide bonds. The highest BCUT2D eigenvalue weighted by molar-refractivity contribution is 6.32. The second-order valence-electron chi connectivity index (χ2n) is 7.17. The van der Waals surface area contributed by atoms with Crippen LogP contribution in [0.15, 0.2) is 60.2 Å².